The standard InChI is InChI=1S/C20H22F5N5O3/c1-4-26-17-15(16(19(3,21)22)33-18(31)28-17)11(2)13-9-12(20(23,24)25)10-14(27-13)29-5-7-30(32)8-6-29/h4,9-10,16,32H,1,5-8H2,2-3H3,(H,26,28,31)/b15-11+/t16-/m1/s1. The van der Waals surface area contributed by atoms with E-state index >= 15 is 0 Å². The molecule has 8 nitrogen and oxygen atoms in total. The number of piperazine rings is 1. The second kappa shape index (κ2) is 9.06. The maximum atomic E-state index is 14.3. The first-order valence-corrected chi connectivity index (χ1v) is 9.85. The highest BCUT2D eigenvalue weighted by Gasteiger charge is 2.46. The van der Waals surface area contributed by atoms with Crippen molar-refractivity contribution >= 4 is 23.3 Å². The Labute approximate surface area is 186 Å². The van der Waals surface area contributed by atoms with E-state index < -0.39 is 29.9 Å². The summed E-state index contributed by atoms with van der Waals surface area (Å²) in [4.78, 5) is 21.4. The number of alkyl halides is 5. The number of halogens is 5. The van der Waals surface area contributed by atoms with E-state index in [0.717, 1.165) is 23.4 Å². The zero-order valence-corrected chi connectivity index (χ0v) is 17.8. The normalized spacial score (nSPS) is 23.3. The van der Waals surface area contributed by atoms with Gasteiger partial charge in [-0.15, -0.1) is 0 Å². The number of aliphatic imine (C=N–C) groups is 1. The number of allylic oxidation sites excluding steroid dienone is 1. The van der Waals surface area contributed by atoms with Crippen LogP contribution >= 0.6 is 0 Å². The molecule has 2 aliphatic rings. The summed E-state index contributed by atoms with van der Waals surface area (Å²) in [6.45, 7) is 5.98. The zero-order chi connectivity index (χ0) is 24.6. The van der Waals surface area contributed by atoms with E-state index in [-0.39, 0.29) is 54.7 Å². The van der Waals surface area contributed by atoms with Gasteiger partial charge < -0.3 is 14.8 Å². The predicted molar refractivity (Wildman–Crippen MR) is 109 cm³/mol. The fraction of sp³-hybridized carbons (Fsp3) is 0.450. The maximum absolute atomic E-state index is 14.3. The smallest absolute Gasteiger partial charge is 0.416 e. The number of nitrogens with one attached hydrogen (secondary N) is 1. The molecule has 1 aromatic rings. The molecule has 1 amide bonds. The molecule has 0 saturated carbocycles. The van der Waals surface area contributed by atoms with Crippen LogP contribution in [0.15, 0.2) is 35.5 Å². The number of rotatable bonds is 4. The van der Waals surface area contributed by atoms with Crippen molar-refractivity contribution in [3.05, 3.63) is 41.7 Å². The Kier molecular flexibility index (Phi) is 6.75. The summed E-state index contributed by atoms with van der Waals surface area (Å²) in [6, 6.07) is 1.60. The van der Waals surface area contributed by atoms with Gasteiger partial charge in [-0.2, -0.15) is 18.2 Å². The molecule has 2 saturated heterocycles. The second-order valence-corrected chi connectivity index (χ2v) is 7.60. The Morgan fingerprint density at radius 3 is 2.45 bits per heavy atom. The highest BCUT2D eigenvalue weighted by molar-refractivity contribution is 6.13. The zero-order valence-electron chi connectivity index (χ0n) is 17.8. The van der Waals surface area contributed by atoms with Crippen molar-refractivity contribution in [3.8, 4) is 0 Å². The fourth-order valence-corrected chi connectivity index (χ4v) is 3.50. The number of nitrogens with zero attached hydrogens (tertiary/aromatic N) is 4. The van der Waals surface area contributed by atoms with Crippen LogP contribution in [0.2, 0.25) is 0 Å². The van der Waals surface area contributed by atoms with Crippen molar-refractivity contribution in [2.75, 3.05) is 31.1 Å². The summed E-state index contributed by atoms with van der Waals surface area (Å²) in [5.74, 6) is -3.92. The van der Waals surface area contributed by atoms with Crippen molar-refractivity contribution in [3.63, 3.8) is 0 Å². The van der Waals surface area contributed by atoms with Crippen LogP contribution in [0, 0.1) is 0 Å². The van der Waals surface area contributed by atoms with Gasteiger partial charge in [-0.1, -0.05) is 6.58 Å². The Bertz CT molecular complexity index is 995. The first-order valence-electron chi connectivity index (χ1n) is 9.85. The number of cyclic esters (lactones) is 1. The van der Waals surface area contributed by atoms with Crippen LogP contribution in [-0.2, 0) is 10.9 Å². The van der Waals surface area contributed by atoms with Gasteiger partial charge in [-0.05, 0) is 24.6 Å². The van der Waals surface area contributed by atoms with Crippen LogP contribution in [-0.4, -0.2) is 65.4 Å². The van der Waals surface area contributed by atoms with E-state index in [1.807, 2.05) is 0 Å². The van der Waals surface area contributed by atoms with E-state index in [9.17, 15) is 32.0 Å². The van der Waals surface area contributed by atoms with Gasteiger partial charge in [0.2, 0.25) is 0 Å². The van der Waals surface area contributed by atoms with Gasteiger partial charge in [0, 0.05) is 44.9 Å². The molecule has 3 rings (SSSR count). The number of carbonyl (C=O) groups excluding carboxylic acids is 1. The molecule has 2 fully saturated rings. The summed E-state index contributed by atoms with van der Waals surface area (Å²) < 4.78 is 74.4. The lowest BCUT2D eigenvalue weighted by Crippen LogP contribution is -2.51. The molecule has 0 aromatic carbocycles. The van der Waals surface area contributed by atoms with Gasteiger partial charge in [0.05, 0.1) is 11.3 Å². The number of amidine groups is 1. The highest BCUT2D eigenvalue weighted by Crippen LogP contribution is 2.37. The molecule has 1 aromatic heterocycles. The fourth-order valence-electron chi connectivity index (χ4n) is 3.50. The summed E-state index contributed by atoms with van der Waals surface area (Å²) in [5, 5.41) is 12.7. The SMILES string of the molecule is C=CN=C1NC(=O)O[C@@H](C(C)(F)F)/C1=C(/C)c1cc(C(F)(F)F)cc(N2CCN(O)CC2)n1. The number of hydrogen-bond acceptors (Lipinski definition) is 7. The second-order valence-electron chi connectivity index (χ2n) is 7.60. The predicted octanol–water partition coefficient (Wildman–Crippen LogP) is 3.69. The van der Waals surface area contributed by atoms with Gasteiger partial charge >= 0.3 is 12.3 Å². The van der Waals surface area contributed by atoms with Crippen molar-refractivity contribution in [1.82, 2.24) is 15.4 Å². The number of alkyl carbamates (subject to hydrolysis) is 1. The minimum absolute atomic E-state index is 0.0318. The number of aromatic nitrogens is 1. The molecule has 2 N–H and O–H groups in total. The summed E-state index contributed by atoms with van der Waals surface area (Å²) in [6.07, 6.45) is -7.03. The quantitative estimate of drug-likeness (QED) is 0.646. The van der Waals surface area contributed by atoms with Crippen LogP contribution < -0.4 is 10.2 Å². The molecule has 180 valence electrons. The van der Waals surface area contributed by atoms with Crippen LogP contribution in [0.5, 0.6) is 0 Å². The van der Waals surface area contributed by atoms with Gasteiger partial charge in [0.1, 0.15) is 11.7 Å². The average Bonchev–Trinajstić information content (AvgIpc) is 2.72. The van der Waals surface area contributed by atoms with Crippen LogP contribution in [0.3, 0.4) is 0 Å². The van der Waals surface area contributed by atoms with Crippen molar-refractivity contribution < 1.29 is 36.7 Å². The van der Waals surface area contributed by atoms with Crippen LogP contribution in [0.1, 0.15) is 25.1 Å². The third-order valence-electron chi connectivity index (χ3n) is 5.15. The first-order chi connectivity index (χ1) is 15.3. The summed E-state index contributed by atoms with van der Waals surface area (Å²) >= 11 is 0. The molecule has 0 aliphatic carbocycles. The van der Waals surface area contributed by atoms with Crippen molar-refractivity contribution in [2.45, 2.75) is 32.1 Å². The Morgan fingerprint density at radius 2 is 1.91 bits per heavy atom. The van der Waals surface area contributed by atoms with Gasteiger partial charge in [0.15, 0.2) is 6.10 Å². The third-order valence-corrected chi connectivity index (χ3v) is 5.15. The molecule has 3 heterocycles. The first kappa shape index (κ1) is 24.6. The maximum Gasteiger partial charge on any atom is 0.416 e. The number of hydroxylamine groups is 2. The van der Waals surface area contributed by atoms with E-state index in [2.05, 4.69) is 21.9 Å². The molecular formula is C20H22F5N5O3. The Morgan fingerprint density at radius 1 is 1.27 bits per heavy atom. The monoisotopic (exact) mass is 475 g/mol. The number of amides is 1. The van der Waals surface area contributed by atoms with Gasteiger partial charge in [-0.25, -0.2) is 23.6 Å². The van der Waals surface area contributed by atoms with Crippen molar-refractivity contribution in [1.29, 1.82) is 0 Å². The Balaban J connectivity index is 2.20. The molecule has 0 spiro atoms. The van der Waals surface area contributed by atoms with E-state index in [4.69, 9.17) is 4.74 Å². The minimum Gasteiger partial charge on any atom is -0.434 e. The van der Waals surface area contributed by atoms with E-state index in [1.54, 1.807) is 4.90 Å². The molecule has 13 heteroatoms. The molecular weight excluding hydrogens is 453 g/mol. The molecule has 2 aliphatic heterocycles. The van der Waals surface area contributed by atoms with E-state index in [0.29, 0.717) is 6.92 Å². The minimum atomic E-state index is -4.74. The lowest BCUT2D eigenvalue weighted by Gasteiger charge is -2.33. The average molecular weight is 475 g/mol. The molecule has 0 radical (unpaired) electrons. The van der Waals surface area contributed by atoms with Crippen molar-refractivity contribution in [2.24, 2.45) is 4.99 Å². The van der Waals surface area contributed by atoms with Gasteiger partial charge in [0.25, 0.3) is 5.92 Å². The number of ether oxygens (including phenoxy) is 1. The number of hydrogen-bond donors (Lipinski definition) is 2. The molecule has 0 bridgehead atoms. The molecule has 1 atom stereocenters. The topological polar surface area (TPSA) is 90.3 Å². The molecule has 0 unspecified atom stereocenters. The Hall–Kier alpha value is -3.06. The third kappa shape index (κ3) is 5.47. The highest BCUT2D eigenvalue weighted by atomic mass is 19.4. The number of carbonyl (C=O) groups is 1. The number of anilines is 1. The molecule has 33 heavy (non-hydrogen) atoms. The largest absolute Gasteiger partial charge is 0.434 e. The summed E-state index contributed by atoms with van der Waals surface area (Å²) in [7, 11) is 0. The van der Waals surface area contributed by atoms with Gasteiger partial charge in [-0.3, -0.25) is 5.32 Å². The van der Waals surface area contributed by atoms with Crippen LogP contribution in [0.25, 0.3) is 5.57 Å². The van der Waals surface area contributed by atoms with E-state index in [1.165, 1.54) is 6.92 Å². The lowest BCUT2D eigenvalue weighted by molar-refractivity contribution is -0.137. The summed E-state index contributed by atoms with van der Waals surface area (Å²) in [5.41, 5.74) is -1.68. The van der Waals surface area contributed by atoms with Crippen LogP contribution in [0.4, 0.5) is 32.6 Å². The lowest BCUT2D eigenvalue weighted by atomic mass is 9.94. The number of pyridine rings is 1.